The molecule has 2 aliphatic heterocycles. The fourth-order valence-corrected chi connectivity index (χ4v) is 4.24. The zero-order valence-electron chi connectivity index (χ0n) is 17.6. The summed E-state index contributed by atoms with van der Waals surface area (Å²) in [4.78, 5) is 36.5. The van der Waals surface area contributed by atoms with Gasteiger partial charge >= 0.3 is 6.09 Å². The van der Waals surface area contributed by atoms with Gasteiger partial charge in [-0.1, -0.05) is 0 Å². The molecule has 30 heavy (non-hydrogen) atoms. The van der Waals surface area contributed by atoms with Gasteiger partial charge in [0.1, 0.15) is 28.8 Å². The molecule has 11 nitrogen and oxygen atoms in total. The van der Waals surface area contributed by atoms with Crippen molar-refractivity contribution in [1.29, 1.82) is 0 Å². The number of nitrogens with zero attached hydrogens (tertiary/aromatic N) is 2. The molecule has 2 aromatic rings. The number of aliphatic hydroxyl groups excluding tert-OH is 1. The van der Waals surface area contributed by atoms with Crippen LogP contribution in [0.5, 0.6) is 0 Å². The third-order valence-electron chi connectivity index (χ3n) is 5.20. The van der Waals surface area contributed by atoms with E-state index in [9.17, 15) is 14.7 Å². The molecule has 4 heterocycles. The number of aromatic amines is 2. The Labute approximate surface area is 172 Å². The lowest BCUT2D eigenvalue weighted by Crippen LogP contribution is -2.47. The maximum Gasteiger partial charge on any atom is 0.411 e. The number of rotatable bonds is 2. The van der Waals surface area contributed by atoms with E-state index in [1.54, 1.807) is 40.8 Å². The first-order valence-electron chi connectivity index (χ1n) is 9.76. The number of nitrogens with one attached hydrogen (secondary N) is 2. The third kappa shape index (κ3) is 3.32. The van der Waals surface area contributed by atoms with Crippen LogP contribution in [0.25, 0.3) is 11.0 Å². The van der Waals surface area contributed by atoms with Crippen molar-refractivity contribution in [3.05, 3.63) is 22.1 Å². The van der Waals surface area contributed by atoms with E-state index in [0.29, 0.717) is 11.1 Å². The number of likely N-dealkylation sites (tertiary alicyclic amines) is 1. The molecule has 164 valence electrons. The second-order valence-corrected chi connectivity index (χ2v) is 9.07. The van der Waals surface area contributed by atoms with E-state index in [0.717, 1.165) is 0 Å². The molecule has 2 aliphatic rings. The average molecular weight is 421 g/mol. The van der Waals surface area contributed by atoms with Gasteiger partial charge in [-0.2, -0.15) is 0 Å². The molecular weight excluding hydrogens is 394 g/mol. The van der Waals surface area contributed by atoms with Gasteiger partial charge in [-0.05, 0) is 34.6 Å². The first kappa shape index (κ1) is 20.6. The molecule has 0 saturated carbocycles. The summed E-state index contributed by atoms with van der Waals surface area (Å²) in [7, 11) is 0. The monoisotopic (exact) mass is 421 g/mol. The minimum Gasteiger partial charge on any atom is -0.444 e. The van der Waals surface area contributed by atoms with E-state index >= 15 is 0 Å². The average Bonchev–Trinajstić information content (AvgIpc) is 3.21. The van der Waals surface area contributed by atoms with Crippen molar-refractivity contribution in [2.45, 2.75) is 70.3 Å². The van der Waals surface area contributed by atoms with E-state index in [1.165, 1.54) is 4.90 Å². The molecule has 5 N–H and O–H groups in total. The molecule has 1 amide bonds. The van der Waals surface area contributed by atoms with E-state index in [1.807, 2.05) is 0 Å². The first-order chi connectivity index (χ1) is 13.9. The van der Waals surface area contributed by atoms with Crippen LogP contribution in [-0.2, 0) is 14.2 Å². The van der Waals surface area contributed by atoms with Crippen molar-refractivity contribution in [3.8, 4) is 0 Å². The number of aliphatic hydroxyl groups is 1. The highest BCUT2D eigenvalue weighted by molar-refractivity contribution is 5.81. The van der Waals surface area contributed by atoms with E-state index in [-0.39, 0.29) is 18.1 Å². The van der Waals surface area contributed by atoms with Gasteiger partial charge < -0.3 is 30.0 Å². The Morgan fingerprint density at radius 3 is 2.67 bits per heavy atom. The molecule has 2 fully saturated rings. The van der Waals surface area contributed by atoms with Crippen LogP contribution in [0.15, 0.2) is 11.0 Å². The summed E-state index contributed by atoms with van der Waals surface area (Å²) in [5.41, 5.74) is 5.65. The van der Waals surface area contributed by atoms with Gasteiger partial charge in [0.15, 0.2) is 5.79 Å². The van der Waals surface area contributed by atoms with Crippen LogP contribution in [0.1, 0.15) is 46.2 Å². The van der Waals surface area contributed by atoms with Crippen LogP contribution in [-0.4, -0.2) is 67.3 Å². The van der Waals surface area contributed by atoms with Gasteiger partial charge in [-0.15, -0.1) is 0 Å². The standard InChI is InChI=1S/C19H27N5O6/c1-18(2,3)30-17(27)24-9(7-25)13-14(29-19(4,5)28-13)12(24)8-6-21-11-10(8)22-16(20)23-15(11)26/h6,9,12-14,21,25H,7H2,1-5H3,(H3,20,22,23,26)/t9-,12?,13-,14+/m1/s1. The number of nitrogens with two attached hydrogens (primary N) is 1. The Hall–Kier alpha value is -2.63. The SMILES string of the molecule is CC(C)(C)OC(=O)N1C(c2c[nH]c3c(=O)[nH]c(N)nc23)[C@@H]2OC(C)(C)O[C@@H]2[C@H]1CO. The van der Waals surface area contributed by atoms with Crippen molar-refractivity contribution in [2.24, 2.45) is 0 Å². The molecule has 4 atom stereocenters. The van der Waals surface area contributed by atoms with E-state index < -0.39 is 47.3 Å². The summed E-state index contributed by atoms with van der Waals surface area (Å²) >= 11 is 0. The van der Waals surface area contributed by atoms with Crippen molar-refractivity contribution in [3.63, 3.8) is 0 Å². The molecule has 11 heteroatoms. The summed E-state index contributed by atoms with van der Waals surface area (Å²) in [6.45, 7) is 8.46. The molecular formula is C19H27N5O6. The number of carbonyl (C=O) groups is 1. The smallest absolute Gasteiger partial charge is 0.411 e. The number of hydrogen-bond acceptors (Lipinski definition) is 8. The lowest BCUT2D eigenvalue weighted by atomic mass is 10.0. The number of anilines is 1. The van der Waals surface area contributed by atoms with Gasteiger partial charge in [-0.3, -0.25) is 14.7 Å². The maximum absolute atomic E-state index is 13.2. The Morgan fingerprint density at radius 1 is 1.37 bits per heavy atom. The molecule has 4 rings (SSSR count). The first-order valence-corrected chi connectivity index (χ1v) is 9.76. The van der Waals surface area contributed by atoms with E-state index in [4.69, 9.17) is 19.9 Å². The zero-order valence-corrected chi connectivity index (χ0v) is 17.6. The van der Waals surface area contributed by atoms with Crippen molar-refractivity contribution in [2.75, 3.05) is 12.3 Å². The van der Waals surface area contributed by atoms with Crippen LogP contribution in [0.4, 0.5) is 10.7 Å². The summed E-state index contributed by atoms with van der Waals surface area (Å²) in [5, 5.41) is 10.1. The molecule has 0 bridgehead atoms. The summed E-state index contributed by atoms with van der Waals surface area (Å²) in [6.07, 6.45) is -0.226. The van der Waals surface area contributed by atoms with Crippen LogP contribution in [0, 0.1) is 0 Å². The lowest BCUT2D eigenvalue weighted by molar-refractivity contribution is -0.168. The number of amides is 1. The number of ether oxygens (including phenoxy) is 3. The Kier molecular flexibility index (Phi) is 4.60. The largest absolute Gasteiger partial charge is 0.444 e. The molecule has 0 spiro atoms. The number of carbonyl (C=O) groups excluding carboxylic acids is 1. The zero-order chi connectivity index (χ0) is 22.0. The normalized spacial score (nSPS) is 28.1. The van der Waals surface area contributed by atoms with Gasteiger partial charge in [0.2, 0.25) is 5.95 Å². The third-order valence-corrected chi connectivity index (χ3v) is 5.20. The van der Waals surface area contributed by atoms with Gasteiger partial charge in [0.25, 0.3) is 5.56 Å². The molecule has 0 radical (unpaired) electrons. The minimum atomic E-state index is -0.906. The van der Waals surface area contributed by atoms with Gasteiger partial charge in [-0.25, -0.2) is 9.78 Å². The molecule has 1 unspecified atom stereocenters. The highest BCUT2D eigenvalue weighted by atomic mass is 16.8. The van der Waals surface area contributed by atoms with Gasteiger partial charge in [0, 0.05) is 11.8 Å². The number of H-pyrrole nitrogens is 2. The van der Waals surface area contributed by atoms with E-state index in [2.05, 4.69) is 15.0 Å². The van der Waals surface area contributed by atoms with Crippen molar-refractivity contribution < 1.29 is 24.1 Å². The second kappa shape index (κ2) is 6.69. The Balaban J connectivity index is 1.87. The summed E-state index contributed by atoms with van der Waals surface area (Å²) in [5.74, 6) is -0.953. The van der Waals surface area contributed by atoms with Crippen LogP contribution >= 0.6 is 0 Å². The fraction of sp³-hybridized carbons (Fsp3) is 0.632. The Morgan fingerprint density at radius 2 is 2.03 bits per heavy atom. The highest BCUT2D eigenvalue weighted by Gasteiger charge is 2.60. The fourth-order valence-electron chi connectivity index (χ4n) is 4.24. The molecule has 0 aromatic carbocycles. The predicted molar refractivity (Wildman–Crippen MR) is 107 cm³/mol. The van der Waals surface area contributed by atoms with Crippen molar-refractivity contribution in [1.82, 2.24) is 19.9 Å². The Bertz CT molecular complexity index is 1040. The van der Waals surface area contributed by atoms with Crippen LogP contribution in [0.3, 0.4) is 0 Å². The summed E-state index contributed by atoms with van der Waals surface area (Å²) in [6, 6.07) is -1.42. The number of hydrogen-bond donors (Lipinski definition) is 4. The van der Waals surface area contributed by atoms with Crippen LogP contribution in [0.2, 0.25) is 0 Å². The predicted octanol–water partition coefficient (Wildman–Crippen LogP) is 1.01. The van der Waals surface area contributed by atoms with Crippen molar-refractivity contribution >= 4 is 23.1 Å². The lowest BCUT2D eigenvalue weighted by Gasteiger charge is -2.34. The minimum absolute atomic E-state index is 0.0469. The second-order valence-electron chi connectivity index (χ2n) is 9.07. The molecule has 2 saturated heterocycles. The topological polar surface area (TPSA) is 156 Å². The van der Waals surface area contributed by atoms with Gasteiger partial charge in [0.05, 0.1) is 18.7 Å². The highest BCUT2D eigenvalue weighted by Crippen LogP contribution is 2.48. The molecule has 2 aromatic heterocycles. The summed E-state index contributed by atoms with van der Waals surface area (Å²) < 4.78 is 17.7. The number of aromatic nitrogens is 3. The number of nitrogen functional groups attached to an aromatic ring is 1. The number of fused-ring (bicyclic) bond motifs is 2. The quantitative estimate of drug-likeness (QED) is 0.560. The van der Waals surface area contributed by atoms with Crippen LogP contribution < -0.4 is 11.3 Å². The molecule has 0 aliphatic carbocycles. The maximum atomic E-state index is 13.2.